The molecule has 0 radical (unpaired) electrons. The lowest BCUT2D eigenvalue weighted by Gasteiger charge is -2.26. The molecule has 0 aromatic heterocycles. The first-order chi connectivity index (χ1) is 11.1. The lowest BCUT2D eigenvalue weighted by Crippen LogP contribution is -2.15. The maximum Gasteiger partial charge on any atom is -0.0196 e. The maximum atomic E-state index is 4.00. The minimum Gasteiger partial charge on any atom is -0.124 e. The third-order valence-electron chi connectivity index (χ3n) is 4.92. The maximum absolute atomic E-state index is 4.00. The molecule has 0 bridgehead atoms. The summed E-state index contributed by atoms with van der Waals surface area (Å²) < 4.78 is 0. The first-order valence-corrected chi connectivity index (χ1v) is 9.83. The highest BCUT2D eigenvalue weighted by Gasteiger charge is 2.21. The molecule has 2 unspecified atom stereocenters. The second-order valence-electron chi connectivity index (χ2n) is 6.49. The van der Waals surface area contributed by atoms with Crippen molar-refractivity contribution < 1.29 is 0 Å². The second kappa shape index (κ2) is 15.9. The molecule has 1 aliphatic rings. The van der Waals surface area contributed by atoms with Gasteiger partial charge in [0.1, 0.15) is 0 Å². The summed E-state index contributed by atoms with van der Waals surface area (Å²) in [4.78, 5) is 0. The molecule has 1 rings (SSSR count). The Balaban J connectivity index is 0. The molecule has 0 aliphatic heterocycles. The van der Waals surface area contributed by atoms with Crippen molar-refractivity contribution in [3.05, 3.63) is 23.3 Å². The Morgan fingerprint density at radius 3 is 2.22 bits per heavy atom. The zero-order valence-electron chi connectivity index (χ0n) is 17.0. The molecule has 0 N–H and O–H groups in total. The Bertz CT molecular complexity index is 342. The molecular weight excluding hydrogens is 276 g/mol. The first kappa shape index (κ1) is 24.3. The van der Waals surface area contributed by atoms with Gasteiger partial charge < -0.3 is 0 Å². The molecule has 1 aliphatic carbocycles. The van der Waals surface area contributed by atoms with Crippen molar-refractivity contribution in [2.45, 2.75) is 93.4 Å². The van der Waals surface area contributed by atoms with Gasteiger partial charge >= 0.3 is 0 Å². The Hall–Kier alpha value is -0.960. The van der Waals surface area contributed by atoms with Crippen LogP contribution in [0.2, 0.25) is 0 Å². The highest BCUT2D eigenvalue weighted by atomic mass is 14.3. The van der Waals surface area contributed by atoms with Gasteiger partial charge in [0.2, 0.25) is 0 Å². The fourth-order valence-corrected chi connectivity index (χ4v) is 3.35. The molecule has 23 heavy (non-hydrogen) atoms. The summed E-state index contributed by atoms with van der Waals surface area (Å²) in [5.74, 6) is 2.58. The van der Waals surface area contributed by atoms with Gasteiger partial charge in [0.25, 0.3) is 0 Å². The number of allylic oxidation sites excluding steroid dienone is 4. The van der Waals surface area contributed by atoms with Crippen LogP contribution in [-0.2, 0) is 0 Å². The molecule has 0 heteroatoms. The lowest BCUT2D eigenvalue weighted by atomic mass is 9.79. The fraction of sp³-hybridized carbons (Fsp3) is 0.739. The molecule has 0 fully saturated rings. The summed E-state index contributed by atoms with van der Waals surface area (Å²) in [6.45, 7) is 15.7. The largest absolute Gasteiger partial charge is 0.124 e. The zero-order valence-corrected chi connectivity index (χ0v) is 17.0. The lowest BCUT2D eigenvalue weighted by molar-refractivity contribution is 0.291. The molecule has 0 saturated carbocycles. The van der Waals surface area contributed by atoms with Gasteiger partial charge in [0, 0.05) is 0 Å². The molecule has 0 nitrogen and oxygen atoms in total. The second-order valence-corrected chi connectivity index (χ2v) is 6.49. The summed E-state index contributed by atoms with van der Waals surface area (Å²) >= 11 is 0. The van der Waals surface area contributed by atoms with Crippen LogP contribution in [0.1, 0.15) is 93.4 Å². The minimum absolute atomic E-state index is 0.814. The number of rotatable bonds is 7. The van der Waals surface area contributed by atoms with Crippen LogP contribution in [0.25, 0.3) is 0 Å². The van der Waals surface area contributed by atoms with Gasteiger partial charge in [-0.2, -0.15) is 0 Å². The van der Waals surface area contributed by atoms with E-state index in [1.54, 1.807) is 11.1 Å². The quantitative estimate of drug-likeness (QED) is 0.420. The summed E-state index contributed by atoms with van der Waals surface area (Å²) in [5.41, 5.74) is 3.18. The van der Waals surface area contributed by atoms with E-state index in [0.29, 0.717) is 0 Å². The Labute approximate surface area is 147 Å². The summed E-state index contributed by atoms with van der Waals surface area (Å²) in [6.07, 6.45) is 22.3. The summed E-state index contributed by atoms with van der Waals surface area (Å²) in [7, 11) is 0. The van der Waals surface area contributed by atoms with Gasteiger partial charge in [-0.15, -0.1) is 12.8 Å². The van der Waals surface area contributed by atoms with Crippen LogP contribution in [0.15, 0.2) is 23.3 Å². The molecule has 0 spiro atoms. The molecule has 0 aromatic carbocycles. The van der Waals surface area contributed by atoms with E-state index < -0.39 is 0 Å². The van der Waals surface area contributed by atoms with E-state index >= 15 is 0 Å². The summed E-state index contributed by atoms with van der Waals surface area (Å²) in [6, 6.07) is 0. The standard InChI is InChI=1S/C19H34.C2H6.C2H2/c1-6-10-18-14-19(12-9-11-16(18)5)17(8-3)13-15(4)7-2;2*1-2/h11,14-15,17,19H,6-10,12-13H2,1-5H3;1-2H3;1-2H/t15-,17?,19?;;/m0../s1. The van der Waals surface area contributed by atoms with E-state index in [4.69, 9.17) is 0 Å². The van der Waals surface area contributed by atoms with E-state index in [0.717, 1.165) is 17.8 Å². The Kier molecular flexibility index (Phi) is 16.8. The SMILES string of the molecule is C#C.CC.CCCC1=CC(C(CC)C[C@@H](C)CC)CCC=C1C. The van der Waals surface area contributed by atoms with E-state index in [-0.39, 0.29) is 0 Å². The first-order valence-electron chi connectivity index (χ1n) is 9.83. The van der Waals surface area contributed by atoms with Crippen LogP contribution in [0.3, 0.4) is 0 Å². The molecule has 0 aromatic rings. The smallest absolute Gasteiger partial charge is 0.0196 e. The van der Waals surface area contributed by atoms with Crippen LogP contribution < -0.4 is 0 Å². The van der Waals surface area contributed by atoms with Crippen molar-refractivity contribution in [1.29, 1.82) is 0 Å². The van der Waals surface area contributed by atoms with Crippen LogP contribution in [0, 0.1) is 30.6 Å². The normalized spacial score (nSPS) is 19.6. The highest BCUT2D eigenvalue weighted by Crippen LogP contribution is 2.34. The minimum atomic E-state index is 0.814. The predicted octanol–water partition coefficient (Wildman–Crippen LogP) is 7.81. The van der Waals surface area contributed by atoms with Crippen molar-refractivity contribution in [2.75, 3.05) is 0 Å². The predicted molar refractivity (Wildman–Crippen MR) is 109 cm³/mol. The molecule has 0 amide bonds. The monoisotopic (exact) mass is 318 g/mol. The van der Waals surface area contributed by atoms with Crippen LogP contribution in [0.5, 0.6) is 0 Å². The highest BCUT2D eigenvalue weighted by molar-refractivity contribution is 5.31. The van der Waals surface area contributed by atoms with Crippen molar-refractivity contribution in [3.8, 4) is 12.8 Å². The Morgan fingerprint density at radius 2 is 1.74 bits per heavy atom. The van der Waals surface area contributed by atoms with E-state index in [1.807, 2.05) is 13.8 Å². The van der Waals surface area contributed by atoms with Crippen molar-refractivity contribution >= 4 is 0 Å². The number of hydrogen-bond acceptors (Lipinski definition) is 0. The van der Waals surface area contributed by atoms with Gasteiger partial charge in [-0.25, -0.2) is 0 Å². The summed E-state index contributed by atoms with van der Waals surface area (Å²) in [5, 5.41) is 0. The van der Waals surface area contributed by atoms with Crippen molar-refractivity contribution in [3.63, 3.8) is 0 Å². The average Bonchev–Trinajstić information content (AvgIpc) is 2.78. The van der Waals surface area contributed by atoms with Gasteiger partial charge in [-0.05, 0) is 55.9 Å². The van der Waals surface area contributed by atoms with Crippen molar-refractivity contribution in [2.24, 2.45) is 17.8 Å². The average molecular weight is 319 g/mol. The Morgan fingerprint density at radius 1 is 1.13 bits per heavy atom. The van der Waals surface area contributed by atoms with Gasteiger partial charge in [-0.3, -0.25) is 0 Å². The fourth-order valence-electron chi connectivity index (χ4n) is 3.35. The third-order valence-corrected chi connectivity index (χ3v) is 4.92. The number of terminal acetylenes is 1. The molecule has 0 saturated heterocycles. The van der Waals surface area contributed by atoms with Crippen molar-refractivity contribution in [1.82, 2.24) is 0 Å². The topological polar surface area (TPSA) is 0 Å². The molecule has 3 atom stereocenters. The third kappa shape index (κ3) is 9.70. The van der Waals surface area contributed by atoms with E-state index in [1.165, 1.54) is 44.9 Å². The molecule has 134 valence electrons. The van der Waals surface area contributed by atoms with Crippen LogP contribution in [-0.4, -0.2) is 0 Å². The van der Waals surface area contributed by atoms with Crippen LogP contribution in [0.4, 0.5) is 0 Å². The van der Waals surface area contributed by atoms with Gasteiger partial charge in [-0.1, -0.05) is 78.5 Å². The number of hydrogen-bond donors (Lipinski definition) is 0. The van der Waals surface area contributed by atoms with Gasteiger partial charge in [0.05, 0.1) is 0 Å². The molecule has 0 heterocycles. The van der Waals surface area contributed by atoms with Crippen LogP contribution >= 0.6 is 0 Å². The molecular formula is C23H42. The zero-order chi connectivity index (χ0) is 18.3. The van der Waals surface area contributed by atoms with E-state index in [2.05, 4.69) is 59.6 Å². The van der Waals surface area contributed by atoms with Gasteiger partial charge in [0.15, 0.2) is 0 Å². The van der Waals surface area contributed by atoms with E-state index in [9.17, 15) is 0 Å².